The molecule has 0 fully saturated rings. The predicted molar refractivity (Wildman–Crippen MR) is 71.7 cm³/mol. The molecule has 1 aromatic carbocycles. The second-order valence-corrected chi connectivity index (χ2v) is 3.97. The number of nitrogens with zero attached hydrogens (tertiary/aromatic N) is 3. The number of hydrogen-bond donors (Lipinski definition) is 1. The molecule has 0 unspecified atom stereocenters. The maximum absolute atomic E-state index is 5.80. The standard InChI is InChI=1S/C14H11N4/c15-12-3-1-2-11(8-12)14-13(9-17-18-14)10-4-6-16-7-5-10/h1-9H,15H2. The first-order chi connectivity index (χ1) is 8.84. The molecule has 0 spiro atoms. The summed E-state index contributed by atoms with van der Waals surface area (Å²) in [6, 6.07) is 11.5. The van der Waals surface area contributed by atoms with Gasteiger partial charge in [-0.2, -0.15) is 5.43 Å². The fourth-order valence-electron chi connectivity index (χ4n) is 1.90. The highest BCUT2D eigenvalue weighted by Crippen LogP contribution is 2.23. The van der Waals surface area contributed by atoms with Crippen LogP contribution in [-0.2, 0) is 0 Å². The predicted octanol–water partition coefficient (Wildman–Crippen LogP) is 2.03. The zero-order valence-corrected chi connectivity index (χ0v) is 9.62. The minimum Gasteiger partial charge on any atom is -0.399 e. The molecule has 0 bridgehead atoms. The quantitative estimate of drug-likeness (QED) is 0.809. The van der Waals surface area contributed by atoms with Gasteiger partial charge in [0.25, 0.3) is 0 Å². The molecule has 1 radical (unpaired) electrons. The van der Waals surface area contributed by atoms with Crippen molar-refractivity contribution in [3.05, 3.63) is 66.1 Å². The average molecular weight is 235 g/mol. The maximum atomic E-state index is 5.80. The monoisotopic (exact) mass is 235 g/mol. The van der Waals surface area contributed by atoms with E-state index in [4.69, 9.17) is 5.73 Å². The van der Waals surface area contributed by atoms with Crippen molar-refractivity contribution in [1.82, 2.24) is 10.4 Å². The lowest BCUT2D eigenvalue weighted by Gasteiger charge is -2.06. The first-order valence-electron chi connectivity index (χ1n) is 5.59. The number of nitrogen functional groups attached to an aromatic ring is 1. The van der Waals surface area contributed by atoms with Crippen molar-refractivity contribution in [2.75, 3.05) is 5.73 Å². The van der Waals surface area contributed by atoms with E-state index in [0.717, 1.165) is 28.1 Å². The van der Waals surface area contributed by atoms with Gasteiger partial charge in [-0.05, 0) is 29.8 Å². The Kier molecular flexibility index (Phi) is 2.53. The fraction of sp³-hybridized carbons (Fsp3) is 0. The van der Waals surface area contributed by atoms with E-state index in [1.54, 1.807) is 18.6 Å². The first kappa shape index (κ1) is 10.5. The lowest BCUT2D eigenvalue weighted by atomic mass is 9.98. The van der Waals surface area contributed by atoms with Crippen LogP contribution in [0.3, 0.4) is 0 Å². The average Bonchev–Trinajstić information content (AvgIpc) is 2.89. The molecule has 2 aromatic rings. The fourth-order valence-corrected chi connectivity index (χ4v) is 1.90. The van der Waals surface area contributed by atoms with Gasteiger partial charge in [-0.1, -0.05) is 12.1 Å². The third-order valence-electron chi connectivity index (χ3n) is 2.75. The summed E-state index contributed by atoms with van der Waals surface area (Å²) in [4.78, 5) is 4.01. The minimum absolute atomic E-state index is 0.719. The molecule has 0 atom stereocenters. The second kappa shape index (κ2) is 4.33. The van der Waals surface area contributed by atoms with Crippen molar-refractivity contribution >= 4 is 17.0 Å². The number of anilines is 1. The van der Waals surface area contributed by atoms with E-state index in [1.165, 1.54) is 0 Å². The van der Waals surface area contributed by atoms with E-state index < -0.39 is 0 Å². The molecule has 0 saturated carbocycles. The molecule has 87 valence electrons. The molecule has 2 heterocycles. The smallest absolute Gasteiger partial charge is 0.102 e. The van der Waals surface area contributed by atoms with Crippen molar-refractivity contribution < 1.29 is 0 Å². The highest BCUT2D eigenvalue weighted by atomic mass is 15.3. The SMILES string of the molecule is Nc1cccc(C2=N[N]C=C2c2ccncc2)c1. The van der Waals surface area contributed by atoms with E-state index in [-0.39, 0.29) is 0 Å². The van der Waals surface area contributed by atoms with Crippen molar-refractivity contribution in [3.8, 4) is 0 Å². The molecule has 4 heteroatoms. The third kappa shape index (κ3) is 1.84. The number of rotatable bonds is 2. The van der Waals surface area contributed by atoms with Crippen LogP contribution in [0.5, 0.6) is 0 Å². The lowest BCUT2D eigenvalue weighted by Crippen LogP contribution is -2.02. The zero-order valence-electron chi connectivity index (χ0n) is 9.62. The van der Waals surface area contributed by atoms with Gasteiger partial charge in [0.1, 0.15) is 5.71 Å². The molecule has 3 rings (SSSR count). The van der Waals surface area contributed by atoms with Crippen molar-refractivity contribution in [1.29, 1.82) is 0 Å². The first-order valence-corrected chi connectivity index (χ1v) is 5.59. The molecule has 0 aliphatic carbocycles. The Morgan fingerprint density at radius 3 is 2.56 bits per heavy atom. The molecule has 4 nitrogen and oxygen atoms in total. The summed E-state index contributed by atoms with van der Waals surface area (Å²) < 4.78 is 0. The number of aromatic nitrogens is 1. The molecule has 1 aromatic heterocycles. The lowest BCUT2D eigenvalue weighted by molar-refractivity contribution is 0.973. The molecular weight excluding hydrogens is 224 g/mol. The van der Waals surface area contributed by atoms with Crippen LogP contribution in [0.15, 0.2) is 60.1 Å². The van der Waals surface area contributed by atoms with Crippen LogP contribution in [0.2, 0.25) is 0 Å². The number of hydrogen-bond acceptors (Lipinski definition) is 3. The van der Waals surface area contributed by atoms with Crippen LogP contribution in [0.1, 0.15) is 11.1 Å². The summed E-state index contributed by atoms with van der Waals surface area (Å²) >= 11 is 0. The molecule has 0 amide bonds. The van der Waals surface area contributed by atoms with Gasteiger partial charge in [-0.15, -0.1) is 5.10 Å². The summed E-state index contributed by atoms with van der Waals surface area (Å²) in [7, 11) is 0. The third-order valence-corrected chi connectivity index (χ3v) is 2.75. The van der Waals surface area contributed by atoms with Gasteiger partial charge in [-0.3, -0.25) is 4.98 Å². The van der Waals surface area contributed by atoms with Gasteiger partial charge in [0.15, 0.2) is 0 Å². The molecule has 1 aliphatic heterocycles. The molecule has 18 heavy (non-hydrogen) atoms. The Morgan fingerprint density at radius 2 is 1.78 bits per heavy atom. The van der Waals surface area contributed by atoms with Crippen LogP contribution in [0.4, 0.5) is 5.69 Å². The number of nitrogens with two attached hydrogens (primary N) is 1. The minimum atomic E-state index is 0.719. The van der Waals surface area contributed by atoms with Crippen LogP contribution in [-0.4, -0.2) is 10.7 Å². The Hall–Kier alpha value is -2.62. The normalized spacial score (nSPS) is 13.8. The molecular formula is C14H11N4. The summed E-state index contributed by atoms with van der Waals surface area (Å²) in [6.45, 7) is 0. The van der Waals surface area contributed by atoms with Crippen LogP contribution >= 0.6 is 0 Å². The van der Waals surface area contributed by atoms with Crippen LogP contribution < -0.4 is 11.2 Å². The highest BCUT2D eigenvalue weighted by Gasteiger charge is 2.17. The van der Waals surface area contributed by atoms with Gasteiger partial charge >= 0.3 is 0 Å². The Balaban J connectivity index is 2.02. The van der Waals surface area contributed by atoms with Gasteiger partial charge in [0.2, 0.25) is 0 Å². The Bertz CT molecular complexity index is 629. The summed E-state index contributed by atoms with van der Waals surface area (Å²) in [6.07, 6.45) is 5.27. The largest absolute Gasteiger partial charge is 0.399 e. The zero-order chi connectivity index (χ0) is 12.4. The Morgan fingerprint density at radius 1 is 0.944 bits per heavy atom. The van der Waals surface area contributed by atoms with Gasteiger partial charge in [-0.25, -0.2) is 0 Å². The van der Waals surface area contributed by atoms with E-state index in [9.17, 15) is 0 Å². The topological polar surface area (TPSA) is 65.4 Å². The maximum Gasteiger partial charge on any atom is 0.102 e. The summed E-state index contributed by atoms with van der Waals surface area (Å²) in [5, 5.41) is 4.18. The number of allylic oxidation sites excluding steroid dienone is 1. The summed E-state index contributed by atoms with van der Waals surface area (Å²) in [5.41, 5.74) is 14.4. The van der Waals surface area contributed by atoms with Crippen molar-refractivity contribution in [2.45, 2.75) is 0 Å². The number of benzene rings is 1. The van der Waals surface area contributed by atoms with Crippen molar-refractivity contribution in [2.24, 2.45) is 5.10 Å². The van der Waals surface area contributed by atoms with Gasteiger partial charge in [0, 0.05) is 29.2 Å². The molecule has 1 aliphatic rings. The van der Waals surface area contributed by atoms with Crippen LogP contribution in [0, 0.1) is 0 Å². The van der Waals surface area contributed by atoms with E-state index in [1.807, 2.05) is 36.4 Å². The van der Waals surface area contributed by atoms with Crippen molar-refractivity contribution in [3.63, 3.8) is 0 Å². The summed E-state index contributed by atoms with van der Waals surface area (Å²) in [5.74, 6) is 0. The van der Waals surface area contributed by atoms with Gasteiger partial charge < -0.3 is 5.73 Å². The second-order valence-electron chi connectivity index (χ2n) is 3.97. The van der Waals surface area contributed by atoms with E-state index in [2.05, 4.69) is 15.5 Å². The molecule has 2 N–H and O–H groups in total. The Labute approximate surface area is 105 Å². The number of pyridine rings is 1. The van der Waals surface area contributed by atoms with E-state index >= 15 is 0 Å². The van der Waals surface area contributed by atoms with E-state index in [0.29, 0.717) is 0 Å². The van der Waals surface area contributed by atoms with Crippen LogP contribution in [0.25, 0.3) is 5.57 Å². The van der Waals surface area contributed by atoms with Gasteiger partial charge in [0.05, 0.1) is 6.20 Å². The molecule has 0 saturated heterocycles. The highest BCUT2D eigenvalue weighted by molar-refractivity contribution is 6.32.